The van der Waals surface area contributed by atoms with E-state index in [0.29, 0.717) is 19.1 Å². The molecule has 2 aliphatic heterocycles. The zero-order valence-corrected chi connectivity index (χ0v) is 11.3. The first-order valence-electron chi connectivity index (χ1n) is 7.00. The molecule has 5 heteroatoms. The molecular formula is C13H25N3O2. The van der Waals surface area contributed by atoms with E-state index < -0.39 is 0 Å². The molecule has 2 rings (SSSR count). The summed E-state index contributed by atoms with van der Waals surface area (Å²) in [7, 11) is 2.08. The zero-order valence-electron chi connectivity index (χ0n) is 11.3. The number of nitrogens with zero attached hydrogens (tertiary/aromatic N) is 2. The Hall–Kier alpha value is -0.650. The third-order valence-electron chi connectivity index (χ3n) is 3.98. The van der Waals surface area contributed by atoms with Crippen LogP contribution in [0.15, 0.2) is 0 Å². The second-order valence-corrected chi connectivity index (χ2v) is 5.41. The fourth-order valence-electron chi connectivity index (χ4n) is 2.84. The molecular weight excluding hydrogens is 230 g/mol. The van der Waals surface area contributed by atoms with Gasteiger partial charge in [0.25, 0.3) is 0 Å². The maximum absolute atomic E-state index is 12.2. The number of carbonyl (C=O) groups excluding carboxylic acids is 1. The van der Waals surface area contributed by atoms with Gasteiger partial charge in [-0.25, -0.2) is 0 Å². The van der Waals surface area contributed by atoms with Crippen molar-refractivity contribution in [2.45, 2.75) is 37.8 Å². The molecule has 0 radical (unpaired) electrons. The van der Waals surface area contributed by atoms with Crippen LogP contribution in [0.2, 0.25) is 0 Å². The van der Waals surface area contributed by atoms with E-state index >= 15 is 0 Å². The van der Waals surface area contributed by atoms with Gasteiger partial charge in [0.1, 0.15) is 0 Å². The van der Waals surface area contributed by atoms with Crippen molar-refractivity contribution in [1.29, 1.82) is 0 Å². The Balaban J connectivity index is 1.79. The largest absolute Gasteiger partial charge is 0.378 e. The Bertz CT molecular complexity index is 279. The van der Waals surface area contributed by atoms with Gasteiger partial charge in [-0.3, -0.25) is 4.79 Å². The summed E-state index contributed by atoms with van der Waals surface area (Å²) in [6.45, 7) is 4.06. The third kappa shape index (κ3) is 3.43. The number of carbonyl (C=O) groups is 1. The minimum atomic E-state index is 0.181. The molecule has 0 aromatic heterocycles. The normalized spacial score (nSPS) is 29.8. The summed E-state index contributed by atoms with van der Waals surface area (Å²) in [6, 6.07) is 0.181. The Labute approximate surface area is 109 Å². The third-order valence-corrected chi connectivity index (χ3v) is 3.98. The standard InChI is InChI=1S/C13H25N3O2/c1-15-6-7-16(11(9-14)10-15)13(17)5-4-12-3-2-8-18-12/h11-12H,2-10,14H2,1H3. The van der Waals surface area contributed by atoms with Crippen molar-refractivity contribution in [3.63, 3.8) is 0 Å². The van der Waals surface area contributed by atoms with E-state index in [1.807, 2.05) is 4.90 Å². The first-order chi connectivity index (χ1) is 8.70. The van der Waals surface area contributed by atoms with E-state index in [4.69, 9.17) is 10.5 Å². The van der Waals surface area contributed by atoms with E-state index in [0.717, 1.165) is 45.5 Å². The quantitative estimate of drug-likeness (QED) is 0.771. The molecule has 1 amide bonds. The molecule has 0 aromatic carbocycles. The Morgan fingerprint density at radius 2 is 2.28 bits per heavy atom. The van der Waals surface area contributed by atoms with Crippen LogP contribution in [0.3, 0.4) is 0 Å². The summed E-state index contributed by atoms with van der Waals surface area (Å²) in [5, 5.41) is 0. The van der Waals surface area contributed by atoms with Gasteiger partial charge in [0, 0.05) is 39.2 Å². The van der Waals surface area contributed by atoms with Crippen LogP contribution >= 0.6 is 0 Å². The van der Waals surface area contributed by atoms with Crippen molar-refractivity contribution in [3.05, 3.63) is 0 Å². The smallest absolute Gasteiger partial charge is 0.223 e. The van der Waals surface area contributed by atoms with Crippen molar-refractivity contribution in [3.8, 4) is 0 Å². The minimum absolute atomic E-state index is 0.181. The van der Waals surface area contributed by atoms with Crippen LogP contribution in [0.1, 0.15) is 25.7 Å². The lowest BCUT2D eigenvalue weighted by atomic mass is 10.1. The number of likely N-dealkylation sites (N-methyl/N-ethyl adjacent to an activating group) is 1. The van der Waals surface area contributed by atoms with Gasteiger partial charge in [-0.2, -0.15) is 0 Å². The predicted octanol–water partition coefficient (Wildman–Crippen LogP) is 0.0469. The molecule has 2 atom stereocenters. The fraction of sp³-hybridized carbons (Fsp3) is 0.923. The molecule has 2 fully saturated rings. The number of hydrogen-bond donors (Lipinski definition) is 1. The zero-order chi connectivity index (χ0) is 13.0. The average Bonchev–Trinajstić information content (AvgIpc) is 2.88. The highest BCUT2D eigenvalue weighted by Crippen LogP contribution is 2.18. The summed E-state index contributed by atoms with van der Waals surface area (Å²) in [6.07, 6.45) is 4.01. The molecule has 0 saturated carbocycles. The van der Waals surface area contributed by atoms with Crippen LogP contribution in [0.4, 0.5) is 0 Å². The topological polar surface area (TPSA) is 58.8 Å². The van der Waals surface area contributed by atoms with E-state index in [1.54, 1.807) is 0 Å². The number of ether oxygens (including phenoxy) is 1. The van der Waals surface area contributed by atoms with Crippen LogP contribution < -0.4 is 5.73 Å². The van der Waals surface area contributed by atoms with Gasteiger partial charge >= 0.3 is 0 Å². The van der Waals surface area contributed by atoms with Crippen LogP contribution in [0, 0.1) is 0 Å². The summed E-state index contributed by atoms with van der Waals surface area (Å²) in [5.74, 6) is 0.244. The van der Waals surface area contributed by atoms with Gasteiger partial charge in [-0.15, -0.1) is 0 Å². The highest BCUT2D eigenvalue weighted by molar-refractivity contribution is 5.76. The molecule has 2 N–H and O–H groups in total. The van der Waals surface area contributed by atoms with Crippen LogP contribution in [-0.2, 0) is 9.53 Å². The van der Waals surface area contributed by atoms with Crippen molar-refractivity contribution >= 4 is 5.91 Å². The highest BCUT2D eigenvalue weighted by atomic mass is 16.5. The Morgan fingerprint density at radius 3 is 2.94 bits per heavy atom. The minimum Gasteiger partial charge on any atom is -0.378 e. The number of rotatable bonds is 4. The molecule has 2 heterocycles. The number of hydrogen-bond acceptors (Lipinski definition) is 4. The number of nitrogens with two attached hydrogens (primary N) is 1. The van der Waals surface area contributed by atoms with Crippen LogP contribution in [0.25, 0.3) is 0 Å². The molecule has 2 aliphatic rings. The molecule has 104 valence electrons. The molecule has 2 unspecified atom stereocenters. The second kappa shape index (κ2) is 6.50. The number of piperazine rings is 1. The van der Waals surface area contributed by atoms with Gasteiger partial charge in [-0.1, -0.05) is 0 Å². The Kier molecular flexibility index (Phi) is 4.97. The maximum Gasteiger partial charge on any atom is 0.223 e. The molecule has 0 aromatic rings. The first-order valence-corrected chi connectivity index (χ1v) is 7.00. The molecule has 5 nitrogen and oxygen atoms in total. The average molecular weight is 255 g/mol. The molecule has 0 aliphatic carbocycles. The maximum atomic E-state index is 12.2. The van der Waals surface area contributed by atoms with Crippen molar-refractivity contribution < 1.29 is 9.53 Å². The fourth-order valence-corrected chi connectivity index (χ4v) is 2.84. The molecule has 18 heavy (non-hydrogen) atoms. The molecule has 0 spiro atoms. The van der Waals surface area contributed by atoms with Gasteiger partial charge < -0.3 is 20.3 Å². The van der Waals surface area contributed by atoms with Gasteiger partial charge in [0.15, 0.2) is 0 Å². The SMILES string of the molecule is CN1CCN(C(=O)CCC2CCCO2)C(CN)C1. The predicted molar refractivity (Wildman–Crippen MR) is 70.3 cm³/mol. The van der Waals surface area contributed by atoms with Gasteiger partial charge in [-0.05, 0) is 26.3 Å². The summed E-state index contributed by atoms with van der Waals surface area (Å²) < 4.78 is 5.56. The highest BCUT2D eigenvalue weighted by Gasteiger charge is 2.28. The van der Waals surface area contributed by atoms with Crippen molar-refractivity contribution in [2.24, 2.45) is 5.73 Å². The lowest BCUT2D eigenvalue weighted by Gasteiger charge is -2.39. The first kappa shape index (κ1) is 13.8. The van der Waals surface area contributed by atoms with Crippen molar-refractivity contribution in [1.82, 2.24) is 9.80 Å². The van der Waals surface area contributed by atoms with E-state index in [9.17, 15) is 4.79 Å². The van der Waals surface area contributed by atoms with Gasteiger partial charge in [0.05, 0.1) is 12.1 Å². The van der Waals surface area contributed by atoms with Crippen LogP contribution in [-0.4, -0.2) is 67.7 Å². The molecule has 2 saturated heterocycles. The second-order valence-electron chi connectivity index (χ2n) is 5.41. The van der Waals surface area contributed by atoms with E-state index in [2.05, 4.69) is 11.9 Å². The summed E-state index contributed by atoms with van der Waals surface area (Å²) in [4.78, 5) is 16.4. The van der Waals surface area contributed by atoms with Gasteiger partial charge in [0.2, 0.25) is 5.91 Å². The van der Waals surface area contributed by atoms with E-state index in [1.165, 1.54) is 0 Å². The van der Waals surface area contributed by atoms with Crippen LogP contribution in [0.5, 0.6) is 0 Å². The lowest BCUT2D eigenvalue weighted by molar-refractivity contribution is -0.136. The van der Waals surface area contributed by atoms with Crippen molar-refractivity contribution in [2.75, 3.05) is 39.8 Å². The monoisotopic (exact) mass is 255 g/mol. The lowest BCUT2D eigenvalue weighted by Crippen LogP contribution is -2.56. The summed E-state index contributed by atoms with van der Waals surface area (Å²) in [5.41, 5.74) is 5.77. The summed E-state index contributed by atoms with van der Waals surface area (Å²) >= 11 is 0. The molecule has 0 bridgehead atoms. The van der Waals surface area contributed by atoms with E-state index in [-0.39, 0.29) is 11.9 Å². The number of amides is 1. The Morgan fingerprint density at radius 1 is 1.44 bits per heavy atom.